The van der Waals surface area contributed by atoms with Crippen LogP contribution in [0.2, 0.25) is 0 Å². The van der Waals surface area contributed by atoms with E-state index in [0.717, 1.165) is 29.2 Å². The molecule has 19 heavy (non-hydrogen) atoms. The zero-order chi connectivity index (χ0) is 13.2. The molecule has 3 rings (SSSR count). The predicted molar refractivity (Wildman–Crippen MR) is 70.9 cm³/mol. The summed E-state index contributed by atoms with van der Waals surface area (Å²) in [7, 11) is 0. The van der Waals surface area contributed by atoms with Crippen LogP contribution in [0.3, 0.4) is 0 Å². The third-order valence-electron chi connectivity index (χ3n) is 2.89. The van der Waals surface area contributed by atoms with Crippen LogP contribution in [-0.2, 0) is 13.0 Å². The first-order valence-corrected chi connectivity index (χ1v) is 6.24. The molecule has 3 aromatic rings. The molecule has 0 aliphatic rings. The van der Waals surface area contributed by atoms with Gasteiger partial charge in [0.1, 0.15) is 17.9 Å². The van der Waals surface area contributed by atoms with E-state index in [2.05, 4.69) is 20.4 Å². The van der Waals surface area contributed by atoms with Crippen LogP contribution in [0, 0.1) is 6.92 Å². The number of rotatable bonds is 4. The summed E-state index contributed by atoms with van der Waals surface area (Å²) in [6.07, 6.45) is 4.16. The molecule has 0 saturated heterocycles. The fraction of sp³-hybridized carbons (Fsp3) is 0.308. The lowest BCUT2D eigenvalue weighted by molar-refractivity contribution is 0.465. The van der Waals surface area contributed by atoms with E-state index in [4.69, 9.17) is 4.42 Å². The predicted octanol–water partition coefficient (Wildman–Crippen LogP) is 2.20. The number of aryl methyl sites for hydroxylation is 2. The van der Waals surface area contributed by atoms with E-state index in [1.165, 1.54) is 0 Å². The monoisotopic (exact) mass is 257 g/mol. The van der Waals surface area contributed by atoms with Gasteiger partial charge in [-0.3, -0.25) is 0 Å². The van der Waals surface area contributed by atoms with Crippen molar-refractivity contribution in [2.45, 2.75) is 26.8 Å². The maximum Gasteiger partial charge on any atom is 0.213 e. The zero-order valence-corrected chi connectivity index (χ0v) is 10.9. The van der Waals surface area contributed by atoms with E-state index in [1.54, 1.807) is 17.0 Å². The highest BCUT2D eigenvalue weighted by molar-refractivity contribution is 5.51. The Balaban J connectivity index is 1.83. The van der Waals surface area contributed by atoms with E-state index in [9.17, 15) is 0 Å². The average molecular weight is 257 g/mol. The summed E-state index contributed by atoms with van der Waals surface area (Å²) in [4.78, 5) is 8.40. The summed E-state index contributed by atoms with van der Waals surface area (Å²) >= 11 is 0. The number of aromatic nitrogens is 4. The lowest BCUT2D eigenvalue weighted by Gasteiger charge is -2.07. The standard InChI is InChI=1S/C13H15N5O/c1-3-10-6-15-13(19-10)7-14-11-4-9(2)5-12-16-8-17-18(11)12/h4-6,8,14H,3,7H2,1-2H3. The first-order valence-electron chi connectivity index (χ1n) is 6.24. The third kappa shape index (κ3) is 2.29. The number of hydrogen-bond acceptors (Lipinski definition) is 5. The van der Waals surface area contributed by atoms with Crippen molar-refractivity contribution in [3.05, 3.63) is 41.9 Å². The number of nitrogens with one attached hydrogen (secondary N) is 1. The summed E-state index contributed by atoms with van der Waals surface area (Å²) < 4.78 is 7.32. The van der Waals surface area contributed by atoms with Crippen molar-refractivity contribution >= 4 is 11.5 Å². The molecule has 0 bridgehead atoms. The van der Waals surface area contributed by atoms with Crippen molar-refractivity contribution in [3.8, 4) is 0 Å². The lowest BCUT2D eigenvalue weighted by Crippen LogP contribution is -2.05. The van der Waals surface area contributed by atoms with Crippen molar-refractivity contribution < 1.29 is 4.42 Å². The van der Waals surface area contributed by atoms with Crippen LogP contribution in [-0.4, -0.2) is 19.6 Å². The van der Waals surface area contributed by atoms with Crippen molar-refractivity contribution in [2.24, 2.45) is 0 Å². The Morgan fingerprint density at radius 3 is 3.00 bits per heavy atom. The summed E-state index contributed by atoms with van der Waals surface area (Å²) in [5.41, 5.74) is 1.95. The quantitative estimate of drug-likeness (QED) is 0.776. The maximum atomic E-state index is 5.56. The van der Waals surface area contributed by atoms with Crippen LogP contribution in [0.25, 0.3) is 5.65 Å². The average Bonchev–Trinajstić information content (AvgIpc) is 3.03. The Kier molecular flexibility index (Phi) is 2.91. The van der Waals surface area contributed by atoms with Gasteiger partial charge in [-0.25, -0.2) is 9.97 Å². The molecule has 0 aliphatic carbocycles. The van der Waals surface area contributed by atoms with Gasteiger partial charge >= 0.3 is 0 Å². The Labute approximate surface area is 110 Å². The molecule has 0 amide bonds. The molecule has 0 fully saturated rings. The minimum absolute atomic E-state index is 0.526. The van der Waals surface area contributed by atoms with Gasteiger partial charge in [0.25, 0.3) is 0 Å². The minimum Gasteiger partial charge on any atom is -0.444 e. The van der Waals surface area contributed by atoms with Gasteiger partial charge in [-0.1, -0.05) is 6.92 Å². The molecule has 0 spiro atoms. The van der Waals surface area contributed by atoms with Crippen molar-refractivity contribution in [1.29, 1.82) is 0 Å². The van der Waals surface area contributed by atoms with Gasteiger partial charge < -0.3 is 9.73 Å². The number of nitrogens with zero attached hydrogens (tertiary/aromatic N) is 4. The maximum absolute atomic E-state index is 5.56. The van der Waals surface area contributed by atoms with Crippen LogP contribution < -0.4 is 5.32 Å². The number of pyridine rings is 1. The lowest BCUT2D eigenvalue weighted by atomic mass is 10.3. The molecular weight excluding hydrogens is 242 g/mol. The molecule has 0 aliphatic heterocycles. The highest BCUT2D eigenvalue weighted by atomic mass is 16.4. The fourth-order valence-electron chi connectivity index (χ4n) is 1.94. The van der Waals surface area contributed by atoms with Gasteiger partial charge in [-0.2, -0.15) is 9.61 Å². The summed E-state index contributed by atoms with van der Waals surface area (Å²) in [6, 6.07) is 4.00. The van der Waals surface area contributed by atoms with Crippen LogP contribution in [0.1, 0.15) is 24.1 Å². The molecule has 0 radical (unpaired) electrons. The van der Waals surface area contributed by atoms with E-state index >= 15 is 0 Å². The van der Waals surface area contributed by atoms with Crippen molar-refractivity contribution in [3.63, 3.8) is 0 Å². The van der Waals surface area contributed by atoms with Gasteiger partial charge in [0, 0.05) is 6.42 Å². The summed E-state index contributed by atoms with van der Waals surface area (Å²) in [5, 5.41) is 7.46. The van der Waals surface area contributed by atoms with Gasteiger partial charge in [0.2, 0.25) is 5.89 Å². The first kappa shape index (κ1) is 11.7. The Morgan fingerprint density at radius 2 is 2.21 bits per heavy atom. The molecule has 0 saturated carbocycles. The topological polar surface area (TPSA) is 68.2 Å². The second-order valence-corrected chi connectivity index (χ2v) is 4.38. The summed E-state index contributed by atoms with van der Waals surface area (Å²) in [5.74, 6) is 2.45. The smallest absolute Gasteiger partial charge is 0.213 e. The van der Waals surface area contributed by atoms with Crippen LogP contribution in [0.15, 0.2) is 29.1 Å². The molecular formula is C13H15N5O. The van der Waals surface area contributed by atoms with Gasteiger partial charge in [0.05, 0.1) is 12.7 Å². The SMILES string of the molecule is CCc1cnc(CNc2cc(C)cc3ncnn23)o1. The van der Waals surface area contributed by atoms with Crippen molar-refractivity contribution in [2.75, 3.05) is 5.32 Å². The Morgan fingerprint density at radius 1 is 1.32 bits per heavy atom. The Hall–Kier alpha value is -2.37. The van der Waals surface area contributed by atoms with Gasteiger partial charge in [0.15, 0.2) is 5.65 Å². The zero-order valence-electron chi connectivity index (χ0n) is 10.9. The highest BCUT2D eigenvalue weighted by Gasteiger charge is 2.06. The fourth-order valence-corrected chi connectivity index (χ4v) is 1.94. The van der Waals surface area contributed by atoms with E-state index < -0.39 is 0 Å². The minimum atomic E-state index is 0.526. The molecule has 0 aromatic carbocycles. The van der Waals surface area contributed by atoms with Gasteiger partial charge in [-0.15, -0.1) is 0 Å². The molecule has 0 unspecified atom stereocenters. The third-order valence-corrected chi connectivity index (χ3v) is 2.89. The number of hydrogen-bond donors (Lipinski definition) is 1. The van der Waals surface area contributed by atoms with Gasteiger partial charge in [-0.05, 0) is 24.6 Å². The number of fused-ring (bicyclic) bond motifs is 1. The van der Waals surface area contributed by atoms with E-state index in [1.807, 2.05) is 26.0 Å². The Bertz CT molecular complexity index is 700. The highest BCUT2D eigenvalue weighted by Crippen LogP contribution is 2.14. The van der Waals surface area contributed by atoms with Crippen LogP contribution in [0.4, 0.5) is 5.82 Å². The molecule has 6 nitrogen and oxygen atoms in total. The molecule has 0 atom stereocenters. The molecule has 1 N–H and O–H groups in total. The normalized spacial score (nSPS) is 11.1. The molecule has 3 aromatic heterocycles. The molecule has 3 heterocycles. The molecule has 98 valence electrons. The molecule has 6 heteroatoms. The second-order valence-electron chi connectivity index (χ2n) is 4.38. The van der Waals surface area contributed by atoms with Crippen LogP contribution >= 0.6 is 0 Å². The summed E-state index contributed by atoms with van der Waals surface area (Å²) in [6.45, 7) is 4.59. The number of anilines is 1. The first-order chi connectivity index (χ1) is 9.26. The van der Waals surface area contributed by atoms with Crippen molar-refractivity contribution in [1.82, 2.24) is 19.6 Å². The van der Waals surface area contributed by atoms with E-state index in [-0.39, 0.29) is 0 Å². The van der Waals surface area contributed by atoms with E-state index in [0.29, 0.717) is 12.4 Å². The second kappa shape index (κ2) is 4.72. The largest absolute Gasteiger partial charge is 0.444 e. The number of oxazole rings is 1. The van der Waals surface area contributed by atoms with Crippen LogP contribution in [0.5, 0.6) is 0 Å².